The van der Waals surface area contributed by atoms with Crippen molar-refractivity contribution >= 4 is 75.3 Å². The topological polar surface area (TPSA) is 43.9 Å². The minimum atomic E-state index is 0.695. The third-order valence-corrected chi connectivity index (χ3v) is 9.95. The number of nitrogens with zero attached hydrogens (tertiary/aromatic N) is 3. The number of para-hydroxylation sites is 2. The zero-order chi connectivity index (χ0) is 29.5. The van der Waals surface area contributed by atoms with E-state index >= 15 is 0 Å². The first-order chi connectivity index (χ1) is 22.3. The Hall–Kier alpha value is -5.78. The van der Waals surface area contributed by atoms with E-state index in [0.29, 0.717) is 5.82 Å². The van der Waals surface area contributed by atoms with Gasteiger partial charge in [-0.3, -0.25) is 4.57 Å². The summed E-state index contributed by atoms with van der Waals surface area (Å²) in [5, 5.41) is 7.05. The van der Waals surface area contributed by atoms with E-state index in [1.54, 1.807) is 0 Å². The fourth-order valence-electron chi connectivity index (χ4n) is 6.73. The summed E-state index contributed by atoms with van der Waals surface area (Å²) in [7, 11) is 0. The molecule has 0 bridgehead atoms. The summed E-state index contributed by atoms with van der Waals surface area (Å²) in [6.07, 6.45) is 0. The van der Waals surface area contributed by atoms with Crippen molar-refractivity contribution in [1.29, 1.82) is 0 Å². The van der Waals surface area contributed by atoms with Gasteiger partial charge in [-0.1, -0.05) is 97.1 Å². The van der Waals surface area contributed by atoms with Crippen LogP contribution in [-0.2, 0) is 0 Å². The first kappa shape index (κ1) is 24.6. The van der Waals surface area contributed by atoms with Crippen LogP contribution in [0.1, 0.15) is 0 Å². The van der Waals surface area contributed by atoms with Crippen molar-refractivity contribution in [3.05, 3.63) is 140 Å². The number of hydrogen-bond donors (Lipinski definition) is 0. The average molecular weight is 594 g/mol. The zero-order valence-electron chi connectivity index (χ0n) is 23.9. The van der Waals surface area contributed by atoms with E-state index in [1.165, 1.54) is 20.2 Å². The van der Waals surface area contributed by atoms with Gasteiger partial charge in [0.2, 0.25) is 0 Å². The van der Waals surface area contributed by atoms with Gasteiger partial charge in [-0.2, -0.15) is 0 Å². The van der Waals surface area contributed by atoms with E-state index in [1.807, 2.05) is 41.7 Å². The molecule has 0 radical (unpaired) electrons. The Balaban J connectivity index is 1.27. The minimum absolute atomic E-state index is 0.695. The van der Waals surface area contributed by atoms with Crippen LogP contribution < -0.4 is 0 Å². The third kappa shape index (κ3) is 3.71. The Bertz CT molecular complexity index is 2770. The molecule has 0 unspecified atom stereocenters. The summed E-state index contributed by atoms with van der Waals surface area (Å²) in [6.45, 7) is 0. The molecular weight excluding hydrogens is 571 g/mol. The van der Waals surface area contributed by atoms with E-state index < -0.39 is 0 Å². The van der Waals surface area contributed by atoms with Crippen LogP contribution in [0.3, 0.4) is 0 Å². The maximum absolute atomic E-state index is 6.30. The summed E-state index contributed by atoms with van der Waals surface area (Å²) in [5.41, 5.74) is 6.89. The molecule has 10 rings (SSSR count). The van der Waals surface area contributed by atoms with Gasteiger partial charge >= 0.3 is 0 Å². The predicted octanol–water partition coefficient (Wildman–Crippen LogP) is 11.2. The van der Waals surface area contributed by atoms with Crippen molar-refractivity contribution in [2.24, 2.45) is 0 Å². The van der Waals surface area contributed by atoms with Gasteiger partial charge < -0.3 is 4.42 Å². The monoisotopic (exact) mass is 593 g/mol. The van der Waals surface area contributed by atoms with Crippen LogP contribution in [-0.4, -0.2) is 14.5 Å². The number of furan rings is 1. The maximum atomic E-state index is 6.30. The molecule has 0 N–H and O–H groups in total. The second kappa shape index (κ2) is 9.36. The van der Waals surface area contributed by atoms with Gasteiger partial charge in [0, 0.05) is 58.9 Å². The average Bonchev–Trinajstić information content (AvgIpc) is 3.76. The van der Waals surface area contributed by atoms with Gasteiger partial charge in [0.25, 0.3) is 0 Å². The molecule has 0 aliphatic heterocycles. The van der Waals surface area contributed by atoms with Gasteiger partial charge in [0.15, 0.2) is 5.82 Å². The maximum Gasteiger partial charge on any atom is 0.162 e. The van der Waals surface area contributed by atoms with Crippen molar-refractivity contribution < 1.29 is 4.42 Å². The van der Waals surface area contributed by atoms with Crippen LogP contribution in [0, 0.1) is 0 Å². The molecule has 10 aromatic rings. The smallest absolute Gasteiger partial charge is 0.162 e. The summed E-state index contributed by atoms with van der Waals surface area (Å²) in [5.74, 6) is 1.52. The number of benzene rings is 6. The summed E-state index contributed by atoms with van der Waals surface area (Å²) in [4.78, 5) is 10.4. The Kier molecular flexibility index (Phi) is 5.12. The van der Waals surface area contributed by atoms with Gasteiger partial charge in [-0.05, 0) is 36.4 Å². The molecule has 0 aliphatic carbocycles. The molecule has 4 heterocycles. The highest BCUT2D eigenvalue weighted by Gasteiger charge is 2.19. The molecule has 6 aromatic carbocycles. The molecule has 0 aliphatic rings. The Morgan fingerprint density at radius 2 is 1.22 bits per heavy atom. The van der Waals surface area contributed by atoms with E-state index in [4.69, 9.17) is 14.4 Å². The lowest BCUT2D eigenvalue weighted by Gasteiger charge is -2.12. The van der Waals surface area contributed by atoms with Crippen LogP contribution in [0.2, 0.25) is 0 Å². The zero-order valence-corrected chi connectivity index (χ0v) is 24.8. The van der Waals surface area contributed by atoms with Crippen LogP contribution in [0.4, 0.5) is 0 Å². The fraction of sp³-hybridized carbons (Fsp3) is 0. The second-order valence-electron chi connectivity index (χ2n) is 11.4. The Labute approximate surface area is 261 Å². The van der Waals surface area contributed by atoms with Crippen LogP contribution >= 0.6 is 11.3 Å². The molecule has 0 atom stereocenters. The second-order valence-corrected chi connectivity index (χ2v) is 12.5. The van der Waals surface area contributed by atoms with Crippen LogP contribution in [0.15, 0.2) is 144 Å². The standard InChI is InChI=1S/C40H23N3OS/c1-2-10-24(11-3-1)40-41-32(25-18-19-29-28-14-6-9-17-37(28)45-38(29)20-25)23-39(42-40)43-33-15-7-4-12-26(33)30-22-36-31(21-34(30)43)27-13-5-8-16-35(27)44-36/h1-23H. The van der Waals surface area contributed by atoms with Gasteiger partial charge in [0.1, 0.15) is 17.0 Å². The summed E-state index contributed by atoms with van der Waals surface area (Å²) >= 11 is 1.82. The SMILES string of the molecule is c1ccc(-c2nc(-c3ccc4c(c3)sc3ccccc34)cc(-n3c4ccccc4c4cc5oc6ccccc6c5cc43)n2)cc1. The van der Waals surface area contributed by atoms with Crippen molar-refractivity contribution in [2.75, 3.05) is 0 Å². The molecule has 0 spiro atoms. The lowest BCUT2D eigenvalue weighted by Crippen LogP contribution is -2.02. The highest BCUT2D eigenvalue weighted by atomic mass is 32.1. The highest BCUT2D eigenvalue weighted by molar-refractivity contribution is 7.25. The first-order valence-electron chi connectivity index (χ1n) is 15.0. The van der Waals surface area contributed by atoms with Crippen molar-refractivity contribution in [1.82, 2.24) is 14.5 Å². The summed E-state index contributed by atoms with van der Waals surface area (Å²) in [6, 6.07) is 48.9. The minimum Gasteiger partial charge on any atom is -0.456 e. The lowest BCUT2D eigenvalue weighted by molar-refractivity contribution is 0.669. The van der Waals surface area contributed by atoms with Crippen LogP contribution in [0.25, 0.3) is 92.4 Å². The van der Waals surface area contributed by atoms with Gasteiger partial charge in [0.05, 0.1) is 16.7 Å². The van der Waals surface area contributed by atoms with E-state index in [2.05, 4.69) is 114 Å². The largest absolute Gasteiger partial charge is 0.456 e. The Morgan fingerprint density at radius 1 is 0.467 bits per heavy atom. The van der Waals surface area contributed by atoms with Gasteiger partial charge in [-0.15, -0.1) is 11.3 Å². The summed E-state index contributed by atoms with van der Waals surface area (Å²) < 4.78 is 11.1. The number of aromatic nitrogens is 3. The third-order valence-electron chi connectivity index (χ3n) is 8.82. The molecule has 0 amide bonds. The highest BCUT2D eigenvalue weighted by Crippen LogP contribution is 2.40. The molecule has 0 fully saturated rings. The molecule has 0 saturated heterocycles. The molecule has 5 heteroatoms. The van der Waals surface area contributed by atoms with Crippen molar-refractivity contribution in [3.8, 4) is 28.5 Å². The lowest BCUT2D eigenvalue weighted by atomic mass is 10.1. The normalized spacial score (nSPS) is 12.0. The van der Waals surface area contributed by atoms with Gasteiger partial charge in [-0.25, -0.2) is 9.97 Å². The predicted molar refractivity (Wildman–Crippen MR) is 187 cm³/mol. The van der Waals surface area contributed by atoms with Crippen molar-refractivity contribution in [3.63, 3.8) is 0 Å². The molecule has 210 valence electrons. The number of fused-ring (bicyclic) bond motifs is 9. The number of hydrogen-bond acceptors (Lipinski definition) is 4. The molecule has 4 aromatic heterocycles. The van der Waals surface area contributed by atoms with E-state index in [-0.39, 0.29) is 0 Å². The van der Waals surface area contributed by atoms with Crippen LogP contribution in [0.5, 0.6) is 0 Å². The van der Waals surface area contributed by atoms with E-state index in [0.717, 1.165) is 66.4 Å². The first-order valence-corrected chi connectivity index (χ1v) is 15.8. The van der Waals surface area contributed by atoms with Crippen molar-refractivity contribution in [2.45, 2.75) is 0 Å². The quantitative estimate of drug-likeness (QED) is 0.205. The fourth-order valence-corrected chi connectivity index (χ4v) is 7.88. The molecule has 0 saturated carbocycles. The molecular formula is C40H23N3OS. The Morgan fingerprint density at radius 3 is 2.13 bits per heavy atom. The molecule has 45 heavy (non-hydrogen) atoms. The number of rotatable bonds is 3. The van der Waals surface area contributed by atoms with E-state index in [9.17, 15) is 0 Å². The number of thiophene rings is 1. The molecule has 4 nitrogen and oxygen atoms in total.